The van der Waals surface area contributed by atoms with Crippen LogP contribution in [0.5, 0.6) is 0 Å². The predicted molar refractivity (Wildman–Crippen MR) is 76.5 cm³/mol. The summed E-state index contributed by atoms with van der Waals surface area (Å²) < 4.78 is 0. The molecule has 2 heteroatoms. The Hall–Kier alpha value is -1.44. The van der Waals surface area contributed by atoms with Gasteiger partial charge in [0.05, 0.1) is 12.4 Å². The Kier molecular flexibility index (Phi) is 4.68. The Bertz CT molecular complexity index is 493. The summed E-state index contributed by atoms with van der Waals surface area (Å²) in [5.74, 6) is 0.817. The molecule has 0 N–H and O–H groups in total. The van der Waals surface area contributed by atoms with Gasteiger partial charge in [-0.2, -0.15) is 10.2 Å². The molecule has 2 nitrogen and oxygen atoms in total. The zero-order valence-corrected chi connectivity index (χ0v) is 11.4. The molecule has 0 aliphatic carbocycles. The van der Waals surface area contributed by atoms with Crippen LogP contribution in [0.1, 0.15) is 45.1 Å². The van der Waals surface area contributed by atoms with E-state index >= 15 is 0 Å². The summed E-state index contributed by atoms with van der Waals surface area (Å²) in [5, 5.41) is 10.2. The third-order valence-electron chi connectivity index (χ3n) is 3.68. The third-order valence-corrected chi connectivity index (χ3v) is 3.68. The highest BCUT2D eigenvalue weighted by molar-refractivity contribution is 5.81. The molecule has 0 amide bonds. The minimum atomic E-state index is 0.817. The highest BCUT2D eigenvalue weighted by atomic mass is 15.1. The first-order valence-electron chi connectivity index (χ1n) is 7.02. The largest absolute Gasteiger partial charge is 0.158 e. The molecular weight excluding hydrogens is 220 g/mol. The van der Waals surface area contributed by atoms with Gasteiger partial charge in [0, 0.05) is 10.8 Å². The van der Waals surface area contributed by atoms with Crippen LogP contribution in [0.25, 0.3) is 10.8 Å². The van der Waals surface area contributed by atoms with E-state index in [9.17, 15) is 0 Å². The number of aromatic nitrogens is 2. The number of benzene rings is 1. The summed E-state index contributed by atoms with van der Waals surface area (Å²) in [5.41, 5.74) is 1.43. The maximum absolute atomic E-state index is 3.95. The second-order valence-corrected chi connectivity index (χ2v) is 5.07. The Labute approximate surface area is 109 Å². The van der Waals surface area contributed by atoms with E-state index in [-0.39, 0.29) is 0 Å². The molecule has 0 spiro atoms. The maximum Gasteiger partial charge on any atom is 0.0574 e. The van der Waals surface area contributed by atoms with Crippen molar-refractivity contribution in [3.05, 3.63) is 36.2 Å². The second kappa shape index (κ2) is 6.48. The number of rotatable bonds is 6. The normalized spacial score (nSPS) is 12.8. The topological polar surface area (TPSA) is 25.8 Å². The van der Waals surface area contributed by atoms with Crippen LogP contribution >= 0.6 is 0 Å². The Balaban J connectivity index is 2.10. The van der Waals surface area contributed by atoms with Gasteiger partial charge in [-0.3, -0.25) is 0 Å². The third kappa shape index (κ3) is 3.28. The van der Waals surface area contributed by atoms with Gasteiger partial charge >= 0.3 is 0 Å². The molecule has 2 aromatic rings. The van der Waals surface area contributed by atoms with Gasteiger partial charge in [0.15, 0.2) is 0 Å². The van der Waals surface area contributed by atoms with Gasteiger partial charge in [-0.1, -0.05) is 51.7 Å². The van der Waals surface area contributed by atoms with Crippen molar-refractivity contribution < 1.29 is 0 Å². The fourth-order valence-corrected chi connectivity index (χ4v) is 2.45. The molecule has 0 saturated carbocycles. The van der Waals surface area contributed by atoms with Gasteiger partial charge in [-0.15, -0.1) is 0 Å². The molecule has 96 valence electrons. The number of nitrogens with zero attached hydrogens (tertiary/aromatic N) is 2. The average molecular weight is 242 g/mol. The minimum Gasteiger partial charge on any atom is -0.158 e. The van der Waals surface area contributed by atoms with Gasteiger partial charge in [0.2, 0.25) is 0 Å². The Morgan fingerprint density at radius 1 is 1.06 bits per heavy atom. The predicted octanol–water partition coefficient (Wildman–Crippen LogP) is 4.39. The van der Waals surface area contributed by atoms with E-state index in [0.29, 0.717) is 0 Å². The molecule has 0 radical (unpaired) electrons. The Morgan fingerprint density at radius 3 is 2.56 bits per heavy atom. The van der Waals surface area contributed by atoms with Crippen LogP contribution in [0, 0.1) is 5.92 Å². The molecule has 18 heavy (non-hydrogen) atoms. The first-order chi connectivity index (χ1) is 8.83. The van der Waals surface area contributed by atoms with Gasteiger partial charge in [0.25, 0.3) is 0 Å². The van der Waals surface area contributed by atoms with Crippen molar-refractivity contribution in [1.82, 2.24) is 10.2 Å². The smallest absolute Gasteiger partial charge is 0.0574 e. The van der Waals surface area contributed by atoms with Gasteiger partial charge in [-0.05, 0) is 24.0 Å². The molecule has 2 rings (SSSR count). The molecule has 1 aromatic heterocycles. The molecule has 0 bridgehead atoms. The van der Waals surface area contributed by atoms with Crippen molar-refractivity contribution in [3.63, 3.8) is 0 Å². The quantitative estimate of drug-likeness (QED) is 0.750. The summed E-state index contributed by atoms with van der Waals surface area (Å²) in [6.07, 6.45) is 10.1. The van der Waals surface area contributed by atoms with Gasteiger partial charge in [0.1, 0.15) is 0 Å². The van der Waals surface area contributed by atoms with Crippen LogP contribution in [0.4, 0.5) is 0 Å². The van der Waals surface area contributed by atoms with Crippen molar-refractivity contribution in [2.45, 2.75) is 46.0 Å². The number of hydrogen-bond donors (Lipinski definition) is 0. The molecule has 0 saturated heterocycles. The first-order valence-corrected chi connectivity index (χ1v) is 7.02. The molecule has 0 aliphatic heterocycles. The van der Waals surface area contributed by atoms with Crippen LogP contribution in [-0.2, 0) is 6.42 Å². The molecule has 1 unspecified atom stereocenters. The van der Waals surface area contributed by atoms with E-state index < -0.39 is 0 Å². The van der Waals surface area contributed by atoms with E-state index in [0.717, 1.165) is 5.92 Å². The zero-order chi connectivity index (χ0) is 12.8. The highest BCUT2D eigenvalue weighted by Crippen LogP contribution is 2.21. The summed E-state index contributed by atoms with van der Waals surface area (Å²) in [7, 11) is 0. The average Bonchev–Trinajstić information content (AvgIpc) is 2.43. The molecule has 0 fully saturated rings. The van der Waals surface area contributed by atoms with Crippen molar-refractivity contribution >= 4 is 10.8 Å². The number of unbranched alkanes of at least 4 members (excludes halogenated alkanes) is 1. The van der Waals surface area contributed by atoms with Gasteiger partial charge in [-0.25, -0.2) is 0 Å². The molecule has 0 aliphatic rings. The van der Waals surface area contributed by atoms with Crippen molar-refractivity contribution in [2.75, 3.05) is 0 Å². The highest BCUT2D eigenvalue weighted by Gasteiger charge is 2.07. The maximum atomic E-state index is 3.95. The SMILES string of the molecule is CCCCC(CC)Cc1ccc2cnncc2c1. The lowest BCUT2D eigenvalue weighted by Gasteiger charge is -2.14. The summed E-state index contributed by atoms with van der Waals surface area (Å²) >= 11 is 0. The van der Waals surface area contributed by atoms with Crippen LogP contribution < -0.4 is 0 Å². The van der Waals surface area contributed by atoms with Crippen LogP contribution in [0.15, 0.2) is 30.6 Å². The monoisotopic (exact) mass is 242 g/mol. The van der Waals surface area contributed by atoms with Crippen LogP contribution in [-0.4, -0.2) is 10.2 Å². The Morgan fingerprint density at radius 2 is 1.83 bits per heavy atom. The van der Waals surface area contributed by atoms with Crippen LogP contribution in [0.2, 0.25) is 0 Å². The lowest BCUT2D eigenvalue weighted by Crippen LogP contribution is -2.03. The summed E-state index contributed by atoms with van der Waals surface area (Å²) in [6, 6.07) is 6.66. The molecular formula is C16H22N2. The lowest BCUT2D eigenvalue weighted by atomic mass is 9.91. The summed E-state index contributed by atoms with van der Waals surface area (Å²) in [4.78, 5) is 0. The van der Waals surface area contributed by atoms with E-state index in [1.807, 2.05) is 12.4 Å². The number of hydrogen-bond acceptors (Lipinski definition) is 2. The molecule has 1 atom stereocenters. The zero-order valence-electron chi connectivity index (χ0n) is 11.4. The van der Waals surface area contributed by atoms with E-state index in [1.165, 1.54) is 48.4 Å². The summed E-state index contributed by atoms with van der Waals surface area (Å²) in [6.45, 7) is 4.56. The standard InChI is InChI=1S/C16H22N2/c1-3-5-6-13(4-2)9-14-7-8-15-11-17-18-12-16(15)10-14/h7-8,10-13H,3-6,9H2,1-2H3. The van der Waals surface area contributed by atoms with E-state index in [1.54, 1.807) is 0 Å². The minimum absolute atomic E-state index is 0.817. The lowest BCUT2D eigenvalue weighted by molar-refractivity contribution is 0.449. The van der Waals surface area contributed by atoms with Crippen LogP contribution in [0.3, 0.4) is 0 Å². The van der Waals surface area contributed by atoms with Crippen molar-refractivity contribution in [3.8, 4) is 0 Å². The molecule has 1 heterocycles. The van der Waals surface area contributed by atoms with E-state index in [4.69, 9.17) is 0 Å². The fourth-order valence-electron chi connectivity index (χ4n) is 2.45. The van der Waals surface area contributed by atoms with Crippen molar-refractivity contribution in [2.24, 2.45) is 5.92 Å². The second-order valence-electron chi connectivity index (χ2n) is 5.07. The van der Waals surface area contributed by atoms with Crippen molar-refractivity contribution in [1.29, 1.82) is 0 Å². The molecule has 1 aromatic carbocycles. The van der Waals surface area contributed by atoms with Gasteiger partial charge < -0.3 is 0 Å². The fraction of sp³-hybridized carbons (Fsp3) is 0.500. The first kappa shape index (κ1) is 13.0. The number of fused-ring (bicyclic) bond motifs is 1. The van der Waals surface area contributed by atoms with E-state index in [2.05, 4.69) is 42.2 Å².